The minimum absolute atomic E-state index is 0.118. The van der Waals surface area contributed by atoms with Gasteiger partial charge in [0.25, 0.3) is 0 Å². The molecule has 0 fully saturated rings. The second-order valence-electron chi connectivity index (χ2n) is 3.67. The van der Waals surface area contributed by atoms with Gasteiger partial charge in [-0.2, -0.15) is 0 Å². The van der Waals surface area contributed by atoms with Crippen LogP contribution in [0.5, 0.6) is 0 Å². The van der Waals surface area contributed by atoms with E-state index in [4.69, 9.17) is 5.11 Å². The van der Waals surface area contributed by atoms with Gasteiger partial charge in [0, 0.05) is 5.56 Å². The summed E-state index contributed by atoms with van der Waals surface area (Å²) < 4.78 is 30.5. The van der Waals surface area contributed by atoms with Gasteiger partial charge in [-0.15, -0.1) is 0 Å². The molecule has 0 bridgehead atoms. The van der Waals surface area contributed by atoms with E-state index in [-0.39, 0.29) is 18.9 Å². The standard InChI is InChI=1S/C13H15NO5S/c1-2-19-13(16)10-20(17,18)14-12-8-4-3-6-11(12)7-5-9-15/h3-4,6,8,14-15H,2,9-10H2,1H3. The van der Waals surface area contributed by atoms with E-state index < -0.39 is 21.7 Å². The number of esters is 1. The lowest BCUT2D eigenvalue weighted by Gasteiger charge is -2.09. The molecule has 0 heterocycles. The van der Waals surface area contributed by atoms with Crippen molar-refractivity contribution in [3.05, 3.63) is 29.8 Å². The molecule has 1 aromatic rings. The number of carbonyl (C=O) groups excluding carboxylic acids is 1. The number of hydrogen-bond donors (Lipinski definition) is 2. The van der Waals surface area contributed by atoms with Gasteiger partial charge in [0.2, 0.25) is 10.0 Å². The molecule has 108 valence electrons. The molecular weight excluding hydrogens is 282 g/mol. The van der Waals surface area contributed by atoms with Gasteiger partial charge in [0.05, 0.1) is 12.3 Å². The molecule has 0 radical (unpaired) electrons. The molecular formula is C13H15NO5S. The topological polar surface area (TPSA) is 92.7 Å². The molecule has 0 saturated carbocycles. The van der Waals surface area contributed by atoms with Crippen molar-refractivity contribution in [2.45, 2.75) is 6.92 Å². The van der Waals surface area contributed by atoms with Crippen LogP contribution in [0.15, 0.2) is 24.3 Å². The summed E-state index contributed by atoms with van der Waals surface area (Å²) in [5.41, 5.74) is 0.659. The normalized spacial score (nSPS) is 10.3. The van der Waals surface area contributed by atoms with E-state index >= 15 is 0 Å². The number of benzene rings is 1. The molecule has 7 heteroatoms. The molecule has 1 aromatic carbocycles. The van der Waals surface area contributed by atoms with Gasteiger partial charge < -0.3 is 9.84 Å². The fraction of sp³-hybridized carbons (Fsp3) is 0.308. The van der Waals surface area contributed by atoms with Gasteiger partial charge in [-0.25, -0.2) is 8.42 Å². The van der Waals surface area contributed by atoms with E-state index in [1.807, 2.05) is 0 Å². The van der Waals surface area contributed by atoms with Crippen LogP contribution in [0.3, 0.4) is 0 Å². The fourth-order valence-corrected chi connectivity index (χ4v) is 2.36. The molecule has 0 spiro atoms. The number of aliphatic hydroxyl groups excluding tert-OH is 1. The van der Waals surface area contributed by atoms with E-state index in [2.05, 4.69) is 21.3 Å². The first-order chi connectivity index (χ1) is 9.48. The first kappa shape index (κ1) is 16.0. The first-order valence-corrected chi connectivity index (χ1v) is 7.48. The Morgan fingerprint density at radius 3 is 2.75 bits per heavy atom. The summed E-state index contributed by atoms with van der Waals surface area (Å²) in [5.74, 6) is 3.47. The lowest BCUT2D eigenvalue weighted by molar-refractivity contribution is -0.139. The molecule has 2 N–H and O–H groups in total. The molecule has 0 aliphatic heterocycles. The van der Waals surface area contributed by atoms with Crippen molar-refractivity contribution >= 4 is 21.7 Å². The van der Waals surface area contributed by atoms with Crippen LogP contribution < -0.4 is 4.72 Å². The fourth-order valence-electron chi connectivity index (χ4n) is 1.38. The van der Waals surface area contributed by atoms with Crippen molar-refractivity contribution < 1.29 is 23.1 Å². The molecule has 0 saturated heterocycles. The molecule has 0 amide bonds. The Hall–Kier alpha value is -2.04. The number of aliphatic hydroxyl groups is 1. The van der Waals surface area contributed by atoms with Gasteiger partial charge in [0.15, 0.2) is 5.75 Å². The smallest absolute Gasteiger partial charge is 0.323 e. The number of rotatable bonds is 5. The summed E-state index contributed by atoms with van der Waals surface area (Å²) >= 11 is 0. The molecule has 1 rings (SSSR count). The SMILES string of the molecule is CCOC(=O)CS(=O)(=O)Nc1ccccc1C#CCO. The van der Waals surface area contributed by atoms with Crippen molar-refractivity contribution in [3.63, 3.8) is 0 Å². The highest BCUT2D eigenvalue weighted by atomic mass is 32.2. The van der Waals surface area contributed by atoms with Crippen LogP contribution in [-0.2, 0) is 19.6 Å². The largest absolute Gasteiger partial charge is 0.465 e. The maximum atomic E-state index is 11.8. The van der Waals surface area contributed by atoms with Crippen LogP contribution in [0.4, 0.5) is 5.69 Å². The second kappa shape index (κ2) is 7.53. The van der Waals surface area contributed by atoms with Gasteiger partial charge >= 0.3 is 5.97 Å². The van der Waals surface area contributed by atoms with Crippen molar-refractivity contribution in [3.8, 4) is 11.8 Å². The Kier molecular flexibility index (Phi) is 6.03. The third-order valence-electron chi connectivity index (χ3n) is 2.11. The lowest BCUT2D eigenvalue weighted by Crippen LogP contribution is -2.24. The van der Waals surface area contributed by atoms with Crippen LogP contribution in [0, 0.1) is 11.8 Å². The van der Waals surface area contributed by atoms with E-state index in [1.165, 1.54) is 6.07 Å². The molecule has 0 aliphatic carbocycles. The molecule has 0 aromatic heterocycles. The van der Waals surface area contributed by atoms with Gasteiger partial charge in [-0.05, 0) is 19.1 Å². The van der Waals surface area contributed by atoms with Gasteiger partial charge in [0.1, 0.15) is 6.61 Å². The Morgan fingerprint density at radius 2 is 2.10 bits per heavy atom. The number of ether oxygens (including phenoxy) is 1. The summed E-state index contributed by atoms with van der Waals surface area (Å²) in [6.45, 7) is 1.38. The minimum Gasteiger partial charge on any atom is -0.465 e. The Balaban J connectivity index is 2.90. The number of hydrogen-bond acceptors (Lipinski definition) is 5. The zero-order valence-electron chi connectivity index (χ0n) is 10.9. The predicted octanol–water partition coefficient (Wildman–Crippen LogP) is 0.335. The van der Waals surface area contributed by atoms with Crippen LogP contribution in [0.1, 0.15) is 12.5 Å². The quantitative estimate of drug-likeness (QED) is 0.604. The zero-order chi connectivity index (χ0) is 15.0. The van der Waals surface area contributed by atoms with E-state index in [0.717, 1.165) is 0 Å². The minimum atomic E-state index is -3.86. The van der Waals surface area contributed by atoms with Crippen molar-refractivity contribution in [2.75, 3.05) is 23.7 Å². The molecule has 0 atom stereocenters. The number of carbonyl (C=O) groups is 1. The third kappa shape index (κ3) is 5.30. The Labute approximate surface area is 117 Å². The lowest BCUT2D eigenvalue weighted by atomic mass is 10.2. The van der Waals surface area contributed by atoms with Crippen molar-refractivity contribution in [1.29, 1.82) is 0 Å². The van der Waals surface area contributed by atoms with E-state index in [1.54, 1.807) is 25.1 Å². The molecule has 6 nitrogen and oxygen atoms in total. The summed E-state index contributed by atoms with van der Waals surface area (Å²) in [7, 11) is -3.86. The summed E-state index contributed by atoms with van der Waals surface area (Å²) in [6.07, 6.45) is 0. The van der Waals surface area contributed by atoms with Crippen LogP contribution >= 0.6 is 0 Å². The molecule has 20 heavy (non-hydrogen) atoms. The highest BCUT2D eigenvalue weighted by molar-refractivity contribution is 7.93. The summed E-state index contributed by atoms with van der Waals surface area (Å²) in [5, 5.41) is 8.66. The van der Waals surface area contributed by atoms with Gasteiger partial charge in [-0.1, -0.05) is 24.0 Å². The maximum Gasteiger partial charge on any atom is 0.323 e. The van der Waals surface area contributed by atoms with Crippen LogP contribution in [-0.4, -0.2) is 38.5 Å². The summed E-state index contributed by atoms with van der Waals surface area (Å²) in [4.78, 5) is 11.2. The average Bonchev–Trinajstić information content (AvgIpc) is 2.36. The zero-order valence-corrected chi connectivity index (χ0v) is 11.7. The molecule has 0 aliphatic rings. The highest BCUT2D eigenvalue weighted by Crippen LogP contribution is 2.15. The van der Waals surface area contributed by atoms with Crippen molar-refractivity contribution in [2.24, 2.45) is 0 Å². The third-order valence-corrected chi connectivity index (χ3v) is 3.25. The highest BCUT2D eigenvalue weighted by Gasteiger charge is 2.18. The average molecular weight is 297 g/mol. The molecule has 0 unspecified atom stereocenters. The Morgan fingerprint density at radius 1 is 1.40 bits per heavy atom. The number of anilines is 1. The Bertz CT molecular complexity index is 628. The first-order valence-electron chi connectivity index (χ1n) is 5.83. The van der Waals surface area contributed by atoms with E-state index in [9.17, 15) is 13.2 Å². The number of sulfonamides is 1. The number of para-hydroxylation sites is 1. The predicted molar refractivity (Wildman–Crippen MR) is 74.4 cm³/mol. The maximum absolute atomic E-state index is 11.8. The second-order valence-corrected chi connectivity index (χ2v) is 5.39. The monoisotopic (exact) mass is 297 g/mol. The van der Waals surface area contributed by atoms with E-state index in [0.29, 0.717) is 5.56 Å². The van der Waals surface area contributed by atoms with Crippen LogP contribution in [0.25, 0.3) is 0 Å². The van der Waals surface area contributed by atoms with Gasteiger partial charge in [-0.3, -0.25) is 9.52 Å². The number of nitrogens with one attached hydrogen (secondary N) is 1. The van der Waals surface area contributed by atoms with Crippen LogP contribution in [0.2, 0.25) is 0 Å². The summed E-state index contributed by atoms with van der Waals surface area (Å²) in [6, 6.07) is 6.44. The van der Waals surface area contributed by atoms with Crippen molar-refractivity contribution in [1.82, 2.24) is 0 Å².